The minimum atomic E-state index is -0.354. The first-order valence-electron chi connectivity index (χ1n) is 8.07. The number of thiophene rings is 1. The molecule has 26 heavy (non-hydrogen) atoms. The van der Waals surface area contributed by atoms with Crippen LogP contribution in [0.2, 0.25) is 0 Å². The molecule has 0 aliphatic carbocycles. The van der Waals surface area contributed by atoms with E-state index < -0.39 is 0 Å². The fraction of sp³-hybridized carbons (Fsp3) is 0.211. The Balaban J connectivity index is 1.66. The van der Waals surface area contributed by atoms with Crippen LogP contribution in [0.3, 0.4) is 0 Å². The molecule has 2 heterocycles. The largest absolute Gasteiger partial charge is 0.440 e. The van der Waals surface area contributed by atoms with Crippen molar-refractivity contribution in [1.82, 2.24) is 9.88 Å². The highest BCUT2D eigenvalue weighted by molar-refractivity contribution is 7.13. The third-order valence-electron chi connectivity index (χ3n) is 3.79. The monoisotopic (exact) mass is 369 g/mol. The third kappa shape index (κ3) is 4.00. The number of rotatable bonds is 5. The first kappa shape index (κ1) is 17.9. The van der Waals surface area contributed by atoms with E-state index in [2.05, 4.69) is 10.3 Å². The molecule has 0 bridgehead atoms. The Hall–Kier alpha value is -2.93. The molecule has 0 unspecified atom stereocenters. The van der Waals surface area contributed by atoms with Gasteiger partial charge in [-0.2, -0.15) is 0 Å². The first-order chi connectivity index (χ1) is 12.4. The number of aryl methyl sites for hydroxylation is 2. The predicted molar refractivity (Wildman–Crippen MR) is 101 cm³/mol. The van der Waals surface area contributed by atoms with Gasteiger partial charge in [0.2, 0.25) is 11.8 Å². The molecular formula is C19H19N3O3S. The lowest BCUT2D eigenvalue weighted by Crippen LogP contribution is -2.35. The minimum absolute atomic E-state index is 0.0760. The zero-order valence-electron chi connectivity index (χ0n) is 14.8. The summed E-state index contributed by atoms with van der Waals surface area (Å²) in [7, 11) is 1.57. The number of hydrogen-bond acceptors (Lipinski definition) is 5. The molecule has 0 atom stereocenters. The average Bonchev–Trinajstić information content (AvgIpc) is 3.25. The molecule has 1 aromatic carbocycles. The minimum Gasteiger partial charge on any atom is -0.440 e. The van der Waals surface area contributed by atoms with Crippen LogP contribution in [0.15, 0.2) is 46.2 Å². The molecular weight excluding hydrogens is 350 g/mol. The van der Waals surface area contributed by atoms with E-state index in [0.29, 0.717) is 17.3 Å². The van der Waals surface area contributed by atoms with Gasteiger partial charge in [0.05, 0.1) is 11.4 Å². The maximum absolute atomic E-state index is 12.6. The van der Waals surface area contributed by atoms with Crippen molar-refractivity contribution in [3.8, 4) is 10.8 Å². The predicted octanol–water partition coefficient (Wildman–Crippen LogP) is 3.73. The SMILES string of the molecule is Cc1ccc(NC(=O)CN(C)C(=O)c2nc(-c3cccs3)oc2C)cc1. The van der Waals surface area contributed by atoms with Gasteiger partial charge in [0.15, 0.2) is 5.69 Å². The van der Waals surface area contributed by atoms with Crippen LogP contribution in [0.5, 0.6) is 0 Å². The quantitative estimate of drug-likeness (QED) is 0.743. The number of likely N-dealkylation sites (N-methyl/N-ethyl adjacent to an activating group) is 1. The Morgan fingerprint density at radius 1 is 1.19 bits per heavy atom. The summed E-state index contributed by atoms with van der Waals surface area (Å²) in [5.74, 6) is 0.222. The summed E-state index contributed by atoms with van der Waals surface area (Å²) in [6.07, 6.45) is 0. The average molecular weight is 369 g/mol. The number of anilines is 1. The Morgan fingerprint density at radius 3 is 2.58 bits per heavy atom. The van der Waals surface area contributed by atoms with Gasteiger partial charge in [-0.25, -0.2) is 4.98 Å². The smallest absolute Gasteiger partial charge is 0.276 e. The van der Waals surface area contributed by atoms with Crippen molar-refractivity contribution in [1.29, 1.82) is 0 Å². The Bertz CT molecular complexity index is 914. The maximum atomic E-state index is 12.6. The third-order valence-corrected chi connectivity index (χ3v) is 4.65. The van der Waals surface area contributed by atoms with E-state index in [0.717, 1.165) is 10.4 Å². The van der Waals surface area contributed by atoms with Gasteiger partial charge in [-0.3, -0.25) is 9.59 Å². The lowest BCUT2D eigenvalue weighted by atomic mass is 10.2. The van der Waals surface area contributed by atoms with Gasteiger partial charge >= 0.3 is 0 Å². The van der Waals surface area contributed by atoms with Gasteiger partial charge < -0.3 is 14.6 Å². The van der Waals surface area contributed by atoms with Crippen molar-refractivity contribution in [2.75, 3.05) is 18.9 Å². The van der Waals surface area contributed by atoms with Crippen LogP contribution < -0.4 is 5.32 Å². The summed E-state index contributed by atoms with van der Waals surface area (Å²) in [5.41, 5.74) is 2.02. The zero-order chi connectivity index (χ0) is 18.7. The molecule has 6 nitrogen and oxygen atoms in total. The van der Waals surface area contributed by atoms with Crippen molar-refractivity contribution < 1.29 is 14.0 Å². The number of nitrogens with one attached hydrogen (secondary N) is 1. The van der Waals surface area contributed by atoms with Gasteiger partial charge in [0.25, 0.3) is 5.91 Å². The summed E-state index contributed by atoms with van der Waals surface area (Å²) in [4.78, 5) is 31.3. The molecule has 2 amide bonds. The number of carbonyl (C=O) groups excluding carboxylic acids is 2. The fourth-order valence-electron chi connectivity index (χ4n) is 2.41. The summed E-state index contributed by atoms with van der Waals surface area (Å²) in [5, 5.41) is 4.69. The summed E-state index contributed by atoms with van der Waals surface area (Å²) < 4.78 is 5.59. The molecule has 1 N–H and O–H groups in total. The van der Waals surface area contributed by atoms with Crippen LogP contribution in [-0.4, -0.2) is 35.3 Å². The summed E-state index contributed by atoms with van der Waals surface area (Å²) in [6, 6.07) is 11.2. The zero-order valence-corrected chi connectivity index (χ0v) is 15.6. The van der Waals surface area contributed by atoms with Crippen LogP contribution in [0, 0.1) is 13.8 Å². The second-order valence-electron chi connectivity index (χ2n) is 5.98. The van der Waals surface area contributed by atoms with E-state index >= 15 is 0 Å². The van der Waals surface area contributed by atoms with Crippen LogP contribution in [-0.2, 0) is 4.79 Å². The molecule has 0 spiro atoms. The number of oxazole rings is 1. The van der Waals surface area contributed by atoms with Crippen molar-refractivity contribution in [2.24, 2.45) is 0 Å². The highest BCUT2D eigenvalue weighted by atomic mass is 32.1. The molecule has 0 saturated carbocycles. The normalized spacial score (nSPS) is 10.6. The van der Waals surface area contributed by atoms with Crippen LogP contribution in [0.4, 0.5) is 5.69 Å². The summed E-state index contributed by atoms with van der Waals surface area (Å²) >= 11 is 1.49. The highest BCUT2D eigenvalue weighted by Gasteiger charge is 2.23. The van der Waals surface area contributed by atoms with Gasteiger partial charge in [0.1, 0.15) is 5.76 Å². The van der Waals surface area contributed by atoms with E-state index in [4.69, 9.17) is 4.42 Å². The Labute approximate surface area is 155 Å². The standard InChI is InChI=1S/C19H19N3O3S/c1-12-6-8-14(9-7-12)20-16(23)11-22(3)19(24)17-13(2)25-18(21-17)15-5-4-10-26-15/h4-10H,11H2,1-3H3,(H,20,23). The highest BCUT2D eigenvalue weighted by Crippen LogP contribution is 2.26. The number of carbonyl (C=O) groups is 2. The van der Waals surface area contributed by atoms with E-state index in [1.165, 1.54) is 16.2 Å². The molecule has 0 saturated heterocycles. The van der Waals surface area contributed by atoms with Crippen molar-refractivity contribution in [3.63, 3.8) is 0 Å². The van der Waals surface area contributed by atoms with E-state index in [1.54, 1.807) is 14.0 Å². The number of aromatic nitrogens is 1. The Kier molecular flexibility index (Phi) is 5.18. The molecule has 3 aromatic rings. The van der Waals surface area contributed by atoms with Crippen LogP contribution >= 0.6 is 11.3 Å². The van der Waals surface area contributed by atoms with Gasteiger partial charge in [-0.05, 0) is 37.4 Å². The number of nitrogens with zero attached hydrogens (tertiary/aromatic N) is 2. The molecule has 0 aliphatic rings. The molecule has 0 radical (unpaired) electrons. The second-order valence-corrected chi connectivity index (χ2v) is 6.92. The lowest BCUT2D eigenvalue weighted by Gasteiger charge is -2.15. The molecule has 2 aromatic heterocycles. The second kappa shape index (κ2) is 7.53. The van der Waals surface area contributed by atoms with Gasteiger partial charge in [0, 0.05) is 12.7 Å². The number of hydrogen-bond donors (Lipinski definition) is 1. The van der Waals surface area contributed by atoms with E-state index in [1.807, 2.05) is 48.7 Å². The van der Waals surface area contributed by atoms with Crippen LogP contribution in [0.25, 0.3) is 10.8 Å². The Morgan fingerprint density at radius 2 is 1.92 bits per heavy atom. The maximum Gasteiger partial charge on any atom is 0.276 e. The van der Waals surface area contributed by atoms with E-state index in [-0.39, 0.29) is 24.1 Å². The topological polar surface area (TPSA) is 75.4 Å². The first-order valence-corrected chi connectivity index (χ1v) is 8.95. The fourth-order valence-corrected chi connectivity index (χ4v) is 3.05. The van der Waals surface area contributed by atoms with Gasteiger partial charge in [-0.15, -0.1) is 11.3 Å². The van der Waals surface area contributed by atoms with Gasteiger partial charge in [-0.1, -0.05) is 23.8 Å². The van der Waals surface area contributed by atoms with E-state index in [9.17, 15) is 9.59 Å². The number of benzene rings is 1. The molecule has 0 fully saturated rings. The number of amides is 2. The van der Waals surface area contributed by atoms with Crippen molar-refractivity contribution in [3.05, 3.63) is 58.8 Å². The van der Waals surface area contributed by atoms with Crippen LogP contribution in [0.1, 0.15) is 21.8 Å². The molecule has 134 valence electrons. The van der Waals surface area contributed by atoms with Crippen molar-refractivity contribution >= 4 is 28.8 Å². The molecule has 3 rings (SSSR count). The van der Waals surface area contributed by atoms with Crippen molar-refractivity contribution in [2.45, 2.75) is 13.8 Å². The summed E-state index contributed by atoms with van der Waals surface area (Å²) in [6.45, 7) is 3.59. The molecule has 0 aliphatic heterocycles. The lowest BCUT2D eigenvalue weighted by molar-refractivity contribution is -0.116. The molecule has 7 heteroatoms.